The Kier molecular flexibility index (Phi) is 8.05. The Hall–Kier alpha value is -2.34. The molecule has 0 spiro atoms. The van der Waals surface area contributed by atoms with Gasteiger partial charge in [0.2, 0.25) is 5.91 Å². The van der Waals surface area contributed by atoms with Crippen LogP contribution in [0.15, 0.2) is 46.9 Å². The van der Waals surface area contributed by atoms with Crippen LogP contribution in [0, 0.1) is 13.8 Å². The predicted molar refractivity (Wildman–Crippen MR) is 114 cm³/mol. The number of ether oxygens (including phenoxy) is 1. The van der Waals surface area contributed by atoms with Crippen LogP contribution in [0.2, 0.25) is 0 Å². The van der Waals surface area contributed by atoms with Crippen LogP contribution in [-0.2, 0) is 16.1 Å². The van der Waals surface area contributed by atoms with Crippen molar-refractivity contribution in [1.82, 2.24) is 10.2 Å². The van der Waals surface area contributed by atoms with Gasteiger partial charge in [0, 0.05) is 17.6 Å². The Labute approximate surface area is 175 Å². The number of likely N-dealkylation sites (N-methyl/N-ethyl adjacent to an activating group) is 1. The van der Waals surface area contributed by atoms with E-state index < -0.39 is 6.04 Å². The van der Waals surface area contributed by atoms with E-state index in [-0.39, 0.29) is 18.4 Å². The summed E-state index contributed by atoms with van der Waals surface area (Å²) < 4.78 is 6.71. The molecule has 150 valence electrons. The molecule has 1 N–H and O–H groups in total. The third-order valence-corrected chi connectivity index (χ3v) is 4.99. The molecule has 0 bridgehead atoms. The number of hydrogen-bond acceptors (Lipinski definition) is 3. The molecule has 0 aliphatic heterocycles. The lowest BCUT2D eigenvalue weighted by molar-refractivity contribution is -0.142. The molecule has 0 radical (unpaired) electrons. The molecule has 2 amide bonds. The zero-order chi connectivity index (χ0) is 20.7. The van der Waals surface area contributed by atoms with Crippen molar-refractivity contribution in [3.05, 3.63) is 63.6 Å². The fourth-order valence-electron chi connectivity index (χ4n) is 2.87. The van der Waals surface area contributed by atoms with E-state index in [1.807, 2.05) is 63.2 Å². The number of benzene rings is 2. The lowest BCUT2D eigenvalue weighted by Gasteiger charge is -2.28. The van der Waals surface area contributed by atoms with Gasteiger partial charge in [-0.1, -0.05) is 45.8 Å². The summed E-state index contributed by atoms with van der Waals surface area (Å²) in [6.45, 7) is 8.28. The highest BCUT2D eigenvalue weighted by Crippen LogP contribution is 2.19. The smallest absolute Gasteiger partial charge is 0.261 e. The van der Waals surface area contributed by atoms with Crippen LogP contribution in [0.25, 0.3) is 0 Å². The van der Waals surface area contributed by atoms with E-state index in [0.29, 0.717) is 18.8 Å². The van der Waals surface area contributed by atoms with Gasteiger partial charge >= 0.3 is 0 Å². The summed E-state index contributed by atoms with van der Waals surface area (Å²) in [5, 5.41) is 2.78. The second-order valence-electron chi connectivity index (χ2n) is 6.78. The number of rotatable bonds is 8. The Bertz CT molecular complexity index is 821. The van der Waals surface area contributed by atoms with Gasteiger partial charge < -0.3 is 15.0 Å². The molecule has 0 aliphatic carbocycles. The quantitative estimate of drug-likeness (QED) is 0.666. The minimum atomic E-state index is -0.598. The summed E-state index contributed by atoms with van der Waals surface area (Å²) >= 11 is 3.41. The van der Waals surface area contributed by atoms with Crippen molar-refractivity contribution in [3.63, 3.8) is 0 Å². The molecule has 1 atom stereocenters. The third-order valence-electron chi connectivity index (χ3n) is 4.47. The maximum Gasteiger partial charge on any atom is 0.261 e. The van der Waals surface area contributed by atoms with E-state index in [4.69, 9.17) is 4.74 Å². The SMILES string of the molecule is CCNC(=O)C(C)N(Cc1ccc(Br)cc1)C(=O)COc1ccc(C)cc1C. The van der Waals surface area contributed by atoms with E-state index in [2.05, 4.69) is 21.2 Å². The highest BCUT2D eigenvalue weighted by atomic mass is 79.9. The summed E-state index contributed by atoms with van der Waals surface area (Å²) in [7, 11) is 0. The second kappa shape index (κ2) is 10.3. The largest absolute Gasteiger partial charge is 0.483 e. The summed E-state index contributed by atoms with van der Waals surface area (Å²) in [6.07, 6.45) is 0. The molecular weight excluding hydrogens is 420 g/mol. The van der Waals surface area contributed by atoms with Crippen molar-refractivity contribution >= 4 is 27.7 Å². The number of carbonyl (C=O) groups excluding carboxylic acids is 2. The maximum absolute atomic E-state index is 12.9. The van der Waals surface area contributed by atoms with Crippen molar-refractivity contribution < 1.29 is 14.3 Å². The summed E-state index contributed by atoms with van der Waals surface area (Å²) in [5.74, 6) is 0.259. The van der Waals surface area contributed by atoms with Gasteiger partial charge in [-0.05, 0) is 57.0 Å². The summed E-state index contributed by atoms with van der Waals surface area (Å²) in [6, 6.07) is 12.9. The number of halogens is 1. The van der Waals surface area contributed by atoms with Gasteiger partial charge in [-0.3, -0.25) is 9.59 Å². The minimum Gasteiger partial charge on any atom is -0.483 e. The third kappa shape index (κ3) is 6.09. The zero-order valence-corrected chi connectivity index (χ0v) is 18.4. The van der Waals surface area contributed by atoms with E-state index in [1.165, 1.54) is 0 Å². The average Bonchev–Trinajstić information content (AvgIpc) is 2.66. The van der Waals surface area contributed by atoms with E-state index >= 15 is 0 Å². The molecule has 0 fully saturated rings. The molecule has 2 aromatic rings. The maximum atomic E-state index is 12.9. The van der Waals surface area contributed by atoms with Crippen molar-refractivity contribution in [2.75, 3.05) is 13.2 Å². The van der Waals surface area contributed by atoms with E-state index in [9.17, 15) is 9.59 Å². The zero-order valence-electron chi connectivity index (χ0n) is 16.8. The van der Waals surface area contributed by atoms with Crippen LogP contribution in [0.4, 0.5) is 0 Å². The average molecular weight is 447 g/mol. The Morgan fingerprint density at radius 3 is 2.43 bits per heavy atom. The number of nitrogens with one attached hydrogen (secondary N) is 1. The summed E-state index contributed by atoms with van der Waals surface area (Å²) in [4.78, 5) is 26.8. The molecule has 0 saturated heterocycles. The van der Waals surface area contributed by atoms with Gasteiger partial charge in [-0.25, -0.2) is 0 Å². The first-order chi connectivity index (χ1) is 13.3. The fraction of sp³-hybridized carbons (Fsp3) is 0.364. The molecule has 0 heterocycles. The number of nitrogens with zero attached hydrogens (tertiary/aromatic N) is 1. The second-order valence-corrected chi connectivity index (χ2v) is 7.69. The van der Waals surface area contributed by atoms with Crippen LogP contribution < -0.4 is 10.1 Å². The van der Waals surface area contributed by atoms with Gasteiger partial charge in [-0.2, -0.15) is 0 Å². The van der Waals surface area contributed by atoms with Crippen LogP contribution in [0.5, 0.6) is 5.75 Å². The van der Waals surface area contributed by atoms with E-state index in [0.717, 1.165) is 21.2 Å². The highest BCUT2D eigenvalue weighted by Gasteiger charge is 2.26. The van der Waals surface area contributed by atoms with E-state index in [1.54, 1.807) is 11.8 Å². The van der Waals surface area contributed by atoms with Gasteiger partial charge in [0.1, 0.15) is 11.8 Å². The normalized spacial score (nSPS) is 11.6. The number of amides is 2. The molecule has 28 heavy (non-hydrogen) atoms. The van der Waals surface area contributed by atoms with Crippen LogP contribution >= 0.6 is 15.9 Å². The topological polar surface area (TPSA) is 58.6 Å². The first-order valence-corrected chi connectivity index (χ1v) is 10.1. The first-order valence-electron chi connectivity index (χ1n) is 9.33. The number of aryl methyl sites for hydroxylation is 2. The Morgan fingerprint density at radius 1 is 1.14 bits per heavy atom. The molecule has 1 unspecified atom stereocenters. The van der Waals surface area contributed by atoms with Gasteiger partial charge in [0.15, 0.2) is 6.61 Å². The summed E-state index contributed by atoms with van der Waals surface area (Å²) in [5.41, 5.74) is 3.06. The standard InChI is InChI=1S/C22H27BrN2O3/c1-5-24-22(27)17(4)25(13-18-7-9-19(23)10-8-18)21(26)14-28-20-11-6-15(2)12-16(20)3/h6-12,17H,5,13-14H2,1-4H3,(H,24,27). The van der Waals surface area contributed by atoms with Crippen LogP contribution in [-0.4, -0.2) is 35.9 Å². The lowest BCUT2D eigenvalue weighted by atomic mass is 10.1. The first kappa shape index (κ1) is 22.0. The fourth-order valence-corrected chi connectivity index (χ4v) is 3.14. The van der Waals surface area contributed by atoms with Crippen molar-refractivity contribution in [2.24, 2.45) is 0 Å². The monoisotopic (exact) mass is 446 g/mol. The van der Waals surface area contributed by atoms with Gasteiger partial charge in [0.25, 0.3) is 5.91 Å². The molecule has 0 aromatic heterocycles. The van der Waals surface area contributed by atoms with Gasteiger partial charge in [-0.15, -0.1) is 0 Å². The predicted octanol–water partition coefficient (Wildman–Crippen LogP) is 4.00. The van der Waals surface area contributed by atoms with Crippen molar-refractivity contribution in [1.29, 1.82) is 0 Å². The van der Waals surface area contributed by atoms with Crippen LogP contribution in [0.1, 0.15) is 30.5 Å². The Morgan fingerprint density at radius 2 is 1.82 bits per heavy atom. The number of carbonyl (C=O) groups is 2. The highest BCUT2D eigenvalue weighted by molar-refractivity contribution is 9.10. The van der Waals surface area contributed by atoms with Crippen molar-refractivity contribution in [2.45, 2.75) is 40.3 Å². The van der Waals surface area contributed by atoms with Gasteiger partial charge in [0.05, 0.1) is 0 Å². The molecule has 6 heteroatoms. The van der Waals surface area contributed by atoms with Crippen molar-refractivity contribution in [3.8, 4) is 5.75 Å². The Balaban J connectivity index is 2.15. The molecule has 2 aromatic carbocycles. The van der Waals surface area contributed by atoms with Crippen LogP contribution in [0.3, 0.4) is 0 Å². The lowest BCUT2D eigenvalue weighted by Crippen LogP contribution is -2.49. The number of hydrogen-bond donors (Lipinski definition) is 1. The molecule has 0 aliphatic rings. The minimum absolute atomic E-state index is 0.121. The molecule has 5 nitrogen and oxygen atoms in total. The molecule has 0 saturated carbocycles. The molecular formula is C22H27BrN2O3. The molecule has 2 rings (SSSR count).